The van der Waals surface area contributed by atoms with Gasteiger partial charge in [-0.25, -0.2) is 0 Å². The minimum atomic E-state index is -0.850. The summed E-state index contributed by atoms with van der Waals surface area (Å²) in [6.07, 6.45) is 81.3. The molecular formula is C67H123NO5. The molecule has 1 amide bonds. The van der Waals surface area contributed by atoms with Gasteiger partial charge in [0.2, 0.25) is 5.91 Å². The SMILES string of the molecule is CCCCCC/C=C\C/C=C\CCCCCCCCCC(=O)OCC/C=C\C/C=C\CCCCCCCCCCCCCCCCC(=O)NC(CO)C(O)/C=C/CCCCCCCCCCCCCCCCC. The number of allylic oxidation sites excluding steroid dienone is 8. The summed E-state index contributed by atoms with van der Waals surface area (Å²) in [6.45, 7) is 4.79. The number of esters is 1. The van der Waals surface area contributed by atoms with E-state index in [1.165, 1.54) is 244 Å². The lowest BCUT2D eigenvalue weighted by molar-refractivity contribution is -0.143. The Morgan fingerprint density at radius 3 is 1.05 bits per heavy atom. The average molecular weight is 1020 g/mol. The highest BCUT2D eigenvalue weighted by Crippen LogP contribution is 2.17. The van der Waals surface area contributed by atoms with Crippen LogP contribution in [0.4, 0.5) is 0 Å². The minimum absolute atomic E-state index is 0.0435. The van der Waals surface area contributed by atoms with E-state index in [0.29, 0.717) is 19.4 Å². The van der Waals surface area contributed by atoms with Gasteiger partial charge in [0.15, 0.2) is 0 Å². The molecule has 0 aliphatic heterocycles. The first-order valence-corrected chi connectivity index (χ1v) is 32.1. The fourth-order valence-corrected chi connectivity index (χ4v) is 9.62. The van der Waals surface area contributed by atoms with E-state index in [1.54, 1.807) is 6.08 Å². The van der Waals surface area contributed by atoms with E-state index in [9.17, 15) is 19.8 Å². The van der Waals surface area contributed by atoms with Crippen molar-refractivity contribution < 1.29 is 24.5 Å². The first-order chi connectivity index (χ1) is 36.0. The molecule has 0 aliphatic carbocycles. The Bertz CT molecular complexity index is 1270. The van der Waals surface area contributed by atoms with Crippen molar-refractivity contribution in [1.82, 2.24) is 5.32 Å². The van der Waals surface area contributed by atoms with Crippen molar-refractivity contribution in [3.05, 3.63) is 60.8 Å². The van der Waals surface area contributed by atoms with Gasteiger partial charge in [0.25, 0.3) is 0 Å². The van der Waals surface area contributed by atoms with E-state index < -0.39 is 12.1 Å². The summed E-state index contributed by atoms with van der Waals surface area (Å²) < 4.78 is 5.43. The number of hydrogen-bond donors (Lipinski definition) is 3. The first-order valence-electron chi connectivity index (χ1n) is 32.1. The van der Waals surface area contributed by atoms with Gasteiger partial charge in [0, 0.05) is 12.8 Å². The van der Waals surface area contributed by atoms with Gasteiger partial charge in [-0.2, -0.15) is 0 Å². The molecular weight excluding hydrogens is 899 g/mol. The molecule has 3 N–H and O–H groups in total. The molecule has 0 aliphatic rings. The number of unbranched alkanes of at least 4 members (excludes halogenated alkanes) is 40. The van der Waals surface area contributed by atoms with Crippen molar-refractivity contribution in [2.45, 2.75) is 341 Å². The second-order valence-electron chi connectivity index (χ2n) is 21.7. The van der Waals surface area contributed by atoms with Crippen LogP contribution in [-0.2, 0) is 14.3 Å². The number of aliphatic hydroxyl groups is 2. The number of hydrogen-bond acceptors (Lipinski definition) is 5. The zero-order valence-corrected chi connectivity index (χ0v) is 48.6. The molecule has 0 aromatic rings. The maximum absolute atomic E-state index is 12.5. The highest BCUT2D eigenvalue weighted by atomic mass is 16.5. The maximum atomic E-state index is 12.5. The average Bonchev–Trinajstić information content (AvgIpc) is 3.39. The van der Waals surface area contributed by atoms with Crippen LogP contribution in [0.1, 0.15) is 328 Å². The quantitative estimate of drug-likeness (QED) is 0.0320. The van der Waals surface area contributed by atoms with Crippen LogP contribution in [0.25, 0.3) is 0 Å². The van der Waals surface area contributed by atoms with Gasteiger partial charge in [0.1, 0.15) is 0 Å². The van der Waals surface area contributed by atoms with E-state index in [2.05, 4.69) is 67.8 Å². The van der Waals surface area contributed by atoms with Crippen molar-refractivity contribution in [1.29, 1.82) is 0 Å². The van der Waals surface area contributed by atoms with Gasteiger partial charge >= 0.3 is 5.97 Å². The molecule has 0 saturated carbocycles. The molecule has 73 heavy (non-hydrogen) atoms. The maximum Gasteiger partial charge on any atom is 0.305 e. The molecule has 0 saturated heterocycles. The lowest BCUT2D eigenvalue weighted by atomic mass is 10.0. The van der Waals surface area contributed by atoms with Crippen molar-refractivity contribution in [3.63, 3.8) is 0 Å². The van der Waals surface area contributed by atoms with Gasteiger partial charge < -0.3 is 20.3 Å². The normalized spacial score (nSPS) is 13.0. The van der Waals surface area contributed by atoms with Crippen LogP contribution in [0.5, 0.6) is 0 Å². The Kier molecular flexibility index (Phi) is 60.0. The zero-order chi connectivity index (χ0) is 52.9. The Morgan fingerprint density at radius 2 is 0.685 bits per heavy atom. The number of rotatable bonds is 59. The van der Waals surface area contributed by atoms with E-state index in [0.717, 1.165) is 57.8 Å². The number of aliphatic hydroxyl groups excluding tert-OH is 2. The van der Waals surface area contributed by atoms with Crippen LogP contribution >= 0.6 is 0 Å². The Morgan fingerprint density at radius 1 is 0.384 bits per heavy atom. The van der Waals surface area contributed by atoms with E-state index in [4.69, 9.17) is 4.74 Å². The smallest absolute Gasteiger partial charge is 0.305 e. The number of ether oxygens (including phenoxy) is 1. The van der Waals surface area contributed by atoms with Crippen molar-refractivity contribution in [2.75, 3.05) is 13.2 Å². The Labute approximate surface area is 454 Å². The number of nitrogens with one attached hydrogen (secondary N) is 1. The Balaban J connectivity index is 3.48. The fraction of sp³-hybridized carbons (Fsp3) is 0.821. The van der Waals surface area contributed by atoms with Crippen molar-refractivity contribution in [3.8, 4) is 0 Å². The first kappa shape index (κ1) is 70.6. The molecule has 2 atom stereocenters. The largest absolute Gasteiger partial charge is 0.465 e. The summed E-state index contributed by atoms with van der Waals surface area (Å²) in [5.74, 6) is -0.116. The molecule has 0 aromatic carbocycles. The zero-order valence-electron chi connectivity index (χ0n) is 48.6. The molecule has 0 rings (SSSR count). The summed E-state index contributed by atoms with van der Waals surface area (Å²) in [4.78, 5) is 24.5. The summed E-state index contributed by atoms with van der Waals surface area (Å²) in [7, 11) is 0. The monoisotopic (exact) mass is 1020 g/mol. The standard InChI is InChI=1S/C67H123NO5/c1-3-5-7-9-11-13-15-17-19-21-29-33-37-41-45-49-53-57-61-67(72)73-62-58-54-50-46-42-38-34-30-26-24-22-23-25-28-32-36-40-44-48-52-56-60-66(71)68-64(63-69)65(70)59-55-51-47-43-39-35-31-27-20-18-16-14-12-10-8-6-4-2/h13,15,19,21,38,42,50,54-55,59,64-65,69-70H,3-12,14,16-18,20,22-37,39-41,43-49,51-53,56-58,60-63H2,1-2H3,(H,68,71)/b15-13-,21-19-,42-38-,54-50-,59-55+. The molecule has 6 nitrogen and oxygen atoms in total. The van der Waals surface area contributed by atoms with E-state index in [1.807, 2.05) is 6.08 Å². The highest BCUT2D eigenvalue weighted by molar-refractivity contribution is 5.76. The van der Waals surface area contributed by atoms with Crippen LogP contribution in [0.2, 0.25) is 0 Å². The molecule has 0 radical (unpaired) electrons. The predicted octanol–water partition coefficient (Wildman–Crippen LogP) is 20.3. The van der Waals surface area contributed by atoms with Crippen molar-refractivity contribution >= 4 is 11.9 Å². The molecule has 426 valence electrons. The van der Waals surface area contributed by atoms with Crippen LogP contribution in [0, 0.1) is 0 Å². The lowest BCUT2D eigenvalue weighted by Gasteiger charge is -2.20. The summed E-state index contributed by atoms with van der Waals surface area (Å²) in [5.41, 5.74) is 0. The van der Waals surface area contributed by atoms with E-state index >= 15 is 0 Å². The summed E-state index contributed by atoms with van der Waals surface area (Å²) >= 11 is 0. The molecule has 0 fully saturated rings. The second-order valence-corrected chi connectivity index (χ2v) is 21.7. The summed E-state index contributed by atoms with van der Waals surface area (Å²) in [5, 5.41) is 23.2. The fourth-order valence-electron chi connectivity index (χ4n) is 9.62. The van der Waals surface area contributed by atoms with Crippen LogP contribution in [0.15, 0.2) is 60.8 Å². The number of amides is 1. The second kappa shape index (κ2) is 62.1. The molecule has 0 heterocycles. The molecule has 2 unspecified atom stereocenters. The molecule has 6 heteroatoms. The number of carbonyl (C=O) groups excluding carboxylic acids is 2. The molecule has 0 bridgehead atoms. The highest BCUT2D eigenvalue weighted by Gasteiger charge is 2.18. The third-order valence-corrected chi connectivity index (χ3v) is 14.5. The van der Waals surface area contributed by atoms with Crippen LogP contribution in [-0.4, -0.2) is 47.4 Å². The van der Waals surface area contributed by atoms with Gasteiger partial charge in [-0.1, -0.05) is 293 Å². The van der Waals surface area contributed by atoms with Gasteiger partial charge in [0.05, 0.1) is 25.4 Å². The molecule has 0 aromatic heterocycles. The van der Waals surface area contributed by atoms with Crippen LogP contribution < -0.4 is 5.32 Å². The van der Waals surface area contributed by atoms with Crippen molar-refractivity contribution in [2.24, 2.45) is 0 Å². The molecule has 0 spiro atoms. The lowest BCUT2D eigenvalue weighted by Crippen LogP contribution is -2.45. The summed E-state index contributed by atoms with van der Waals surface area (Å²) in [6, 6.07) is -0.633. The van der Waals surface area contributed by atoms with E-state index in [-0.39, 0.29) is 18.5 Å². The van der Waals surface area contributed by atoms with Gasteiger partial charge in [-0.3, -0.25) is 9.59 Å². The minimum Gasteiger partial charge on any atom is -0.465 e. The van der Waals surface area contributed by atoms with Gasteiger partial charge in [-0.15, -0.1) is 0 Å². The topological polar surface area (TPSA) is 95.9 Å². The van der Waals surface area contributed by atoms with Gasteiger partial charge in [-0.05, 0) is 83.5 Å². The number of carbonyl (C=O) groups is 2. The Hall–Kier alpha value is -2.44. The van der Waals surface area contributed by atoms with Crippen LogP contribution in [0.3, 0.4) is 0 Å². The third-order valence-electron chi connectivity index (χ3n) is 14.5. The third kappa shape index (κ3) is 58.7. The predicted molar refractivity (Wildman–Crippen MR) is 319 cm³/mol.